The second-order valence-corrected chi connectivity index (χ2v) is 7.43. The van der Waals surface area contributed by atoms with Crippen LogP contribution < -0.4 is 10.5 Å². The Morgan fingerprint density at radius 2 is 1.05 bits per heavy atom. The normalized spacial score (nSPS) is 15.4. The van der Waals surface area contributed by atoms with E-state index < -0.39 is 0 Å². The highest BCUT2D eigenvalue weighted by molar-refractivity contribution is 6.38. The monoisotopic (exact) mass is 268 g/mol. The van der Waals surface area contributed by atoms with Crippen LogP contribution in [0.25, 0.3) is 0 Å². The van der Waals surface area contributed by atoms with E-state index in [1.807, 2.05) is 55.4 Å². The van der Waals surface area contributed by atoms with Crippen molar-refractivity contribution in [3.8, 4) is 0 Å². The molecule has 4 nitrogen and oxygen atoms in total. The van der Waals surface area contributed by atoms with Crippen LogP contribution in [0.5, 0.6) is 0 Å². The van der Waals surface area contributed by atoms with E-state index in [4.69, 9.17) is 0 Å². The van der Waals surface area contributed by atoms with Gasteiger partial charge < -0.3 is 10.5 Å². The van der Waals surface area contributed by atoms with Crippen molar-refractivity contribution < 1.29 is 9.59 Å². The van der Waals surface area contributed by atoms with Gasteiger partial charge in [-0.1, -0.05) is 55.4 Å². The second kappa shape index (κ2) is 6.44. The molecule has 0 saturated carbocycles. The van der Waals surface area contributed by atoms with Crippen LogP contribution >= 0.6 is 0 Å². The van der Waals surface area contributed by atoms with Gasteiger partial charge in [0.25, 0.3) is 0 Å². The molecule has 5 heteroatoms. The summed E-state index contributed by atoms with van der Waals surface area (Å²) in [5, 5.41) is 5.51. The average Bonchev–Trinajstić information content (AvgIpc) is 2.23. The summed E-state index contributed by atoms with van der Waals surface area (Å²) < 4.78 is 0. The number of carbonyl (C=O) groups is 2. The Labute approximate surface area is 118 Å². The Morgan fingerprint density at radius 3 is 1.26 bits per heavy atom. The van der Waals surface area contributed by atoms with Crippen LogP contribution in [0.3, 0.4) is 0 Å². The molecule has 0 aromatic carbocycles. The first-order chi connectivity index (χ1) is 8.37. The first kappa shape index (κ1) is 18.0. The second-order valence-electron chi connectivity index (χ2n) is 7.43. The van der Waals surface area contributed by atoms with Gasteiger partial charge in [0.1, 0.15) is 0 Å². The molecule has 19 heavy (non-hydrogen) atoms. The Kier molecular flexibility index (Phi) is 6.10. The molecular formula is C14H29BN2O2. The van der Waals surface area contributed by atoms with Crippen molar-refractivity contribution >= 4 is 19.4 Å². The molecule has 0 fully saturated rings. The SMILES string of the molecule is CC(C(=O)NBNC(=O)C(C)C(C)(C)C)C(C)(C)C. The maximum Gasteiger partial charge on any atom is 0.355 e. The minimum absolute atomic E-state index is 0.0313. The third-order valence-electron chi connectivity index (χ3n) is 3.91. The first-order valence-corrected chi connectivity index (χ1v) is 6.92. The molecule has 0 aromatic heterocycles. The summed E-state index contributed by atoms with van der Waals surface area (Å²) in [5.41, 5.74) is -0.153. The number of amides is 2. The molecule has 0 aromatic rings. The van der Waals surface area contributed by atoms with E-state index in [2.05, 4.69) is 10.5 Å². The van der Waals surface area contributed by atoms with Crippen molar-refractivity contribution in [3.05, 3.63) is 0 Å². The smallest absolute Gasteiger partial charge is 0.355 e. The lowest BCUT2D eigenvalue weighted by molar-refractivity contribution is -0.125. The van der Waals surface area contributed by atoms with Crippen molar-refractivity contribution in [1.82, 2.24) is 10.5 Å². The summed E-state index contributed by atoms with van der Waals surface area (Å²) in [5.74, 6) is -0.249. The van der Waals surface area contributed by atoms with Crippen LogP contribution in [0.4, 0.5) is 0 Å². The lowest BCUT2D eigenvalue weighted by Gasteiger charge is -2.27. The first-order valence-electron chi connectivity index (χ1n) is 6.92. The van der Waals surface area contributed by atoms with Gasteiger partial charge in [0, 0.05) is 11.8 Å². The van der Waals surface area contributed by atoms with E-state index in [0.29, 0.717) is 0 Å². The molecule has 0 aliphatic heterocycles. The fraction of sp³-hybridized carbons (Fsp3) is 0.857. The maximum absolute atomic E-state index is 11.9. The third kappa shape index (κ3) is 6.12. The molecule has 0 aliphatic rings. The highest BCUT2D eigenvalue weighted by atomic mass is 16.2. The van der Waals surface area contributed by atoms with Crippen molar-refractivity contribution in [2.24, 2.45) is 22.7 Å². The molecule has 0 heterocycles. The maximum atomic E-state index is 11.9. The van der Waals surface area contributed by atoms with Crippen LogP contribution in [0.1, 0.15) is 55.4 Å². The van der Waals surface area contributed by atoms with E-state index >= 15 is 0 Å². The zero-order valence-electron chi connectivity index (χ0n) is 13.7. The summed E-state index contributed by atoms with van der Waals surface area (Å²) in [6.07, 6.45) is 0. The fourth-order valence-electron chi connectivity index (χ4n) is 1.31. The largest absolute Gasteiger partial charge is 0.383 e. The zero-order valence-corrected chi connectivity index (χ0v) is 13.7. The Bertz CT molecular complexity index is 297. The van der Waals surface area contributed by atoms with Crippen LogP contribution in [0.15, 0.2) is 0 Å². The molecule has 0 saturated heterocycles. The quantitative estimate of drug-likeness (QED) is 0.764. The topological polar surface area (TPSA) is 58.2 Å². The van der Waals surface area contributed by atoms with Gasteiger partial charge in [0.05, 0.1) is 0 Å². The summed E-state index contributed by atoms with van der Waals surface area (Å²) in [7, 11) is 0.193. The number of carbonyl (C=O) groups excluding carboxylic acids is 2. The number of nitrogens with one attached hydrogen (secondary N) is 2. The van der Waals surface area contributed by atoms with Crippen LogP contribution in [-0.2, 0) is 9.59 Å². The van der Waals surface area contributed by atoms with Crippen molar-refractivity contribution in [1.29, 1.82) is 0 Å². The average molecular weight is 268 g/mol. The molecule has 2 unspecified atom stereocenters. The summed E-state index contributed by atoms with van der Waals surface area (Å²) >= 11 is 0. The van der Waals surface area contributed by atoms with Gasteiger partial charge in [0.15, 0.2) is 0 Å². The standard InChI is InChI=1S/C14H29BN2O2/c1-9(13(3,4)5)11(18)16-15-17-12(19)10(2)14(6,7)8/h9-10,15H,1-8H3,(H,16,18)(H,17,19). The summed E-state index contributed by atoms with van der Waals surface area (Å²) in [4.78, 5) is 23.8. The highest BCUT2D eigenvalue weighted by Gasteiger charge is 2.28. The number of hydrogen-bond acceptors (Lipinski definition) is 2. The molecule has 0 spiro atoms. The minimum Gasteiger partial charge on any atom is -0.383 e. The van der Waals surface area contributed by atoms with Gasteiger partial charge in [-0.2, -0.15) is 0 Å². The lowest BCUT2D eigenvalue weighted by atomic mass is 9.80. The minimum atomic E-state index is -0.0931. The van der Waals surface area contributed by atoms with Crippen LogP contribution in [-0.4, -0.2) is 19.4 Å². The van der Waals surface area contributed by atoms with Crippen LogP contribution in [0, 0.1) is 22.7 Å². The molecule has 2 N–H and O–H groups in total. The zero-order chi connectivity index (χ0) is 15.4. The van der Waals surface area contributed by atoms with Crippen molar-refractivity contribution in [2.75, 3.05) is 0 Å². The van der Waals surface area contributed by atoms with E-state index in [1.54, 1.807) is 0 Å². The van der Waals surface area contributed by atoms with E-state index in [0.717, 1.165) is 0 Å². The van der Waals surface area contributed by atoms with Crippen molar-refractivity contribution in [2.45, 2.75) is 55.4 Å². The van der Waals surface area contributed by atoms with Crippen molar-refractivity contribution in [3.63, 3.8) is 0 Å². The van der Waals surface area contributed by atoms with Gasteiger partial charge in [-0.15, -0.1) is 0 Å². The van der Waals surface area contributed by atoms with Gasteiger partial charge in [0.2, 0.25) is 11.8 Å². The van der Waals surface area contributed by atoms with Gasteiger partial charge >= 0.3 is 7.55 Å². The van der Waals surface area contributed by atoms with Gasteiger partial charge in [-0.05, 0) is 10.8 Å². The molecule has 2 amide bonds. The van der Waals surface area contributed by atoms with E-state index in [1.165, 1.54) is 0 Å². The molecular weight excluding hydrogens is 239 g/mol. The lowest BCUT2D eigenvalue weighted by Crippen LogP contribution is -2.47. The Hall–Kier alpha value is -0.995. The van der Waals surface area contributed by atoms with Crippen LogP contribution in [0.2, 0.25) is 0 Å². The third-order valence-corrected chi connectivity index (χ3v) is 3.91. The number of rotatable bonds is 4. The predicted octanol–water partition coefficient (Wildman–Crippen LogP) is 1.85. The number of hydrogen-bond donors (Lipinski definition) is 2. The molecule has 2 atom stereocenters. The molecule has 0 aliphatic carbocycles. The van der Waals surface area contributed by atoms with Gasteiger partial charge in [-0.3, -0.25) is 9.59 Å². The Morgan fingerprint density at radius 1 is 0.789 bits per heavy atom. The summed E-state index contributed by atoms with van der Waals surface area (Å²) in [6, 6.07) is 0. The van der Waals surface area contributed by atoms with Gasteiger partial charge in [-0.25, -0.2) is 0 Å². The molecule has 110 valence electrons. The molecule has 0 radical (unpaired) electrons. The fourth-order valence-corrected chi connectivity index (χ4v) is 1.31. The Balaban J connectivity index is 4.19. The molecule has 0 rings (SSSR count). The van der Waals surface area contributed by atoms with E-state index in [-0.39, 0.29) is 42.0 Å². The molecule has 0 bridgehead atoms. The van der Waals surface area contributed by atoms with E-state index in [9.17, 15) is 9.59 Å². The predicted molar refractivity (Wildman–Crippen MR) is 80.7 cm³/mol. The summed E-state index contributed by atoms with van der Waals surface area (Å²) in [6.45, 7) is 15.9. The highest BCUT2D eigenvalue weighted by Crippen LogP contribution is 2.25.